The smallest absolute Gasteiger partial charge is 0.317 e. The lowest BCUT2D eigenvalue weighted by molar-refractivity contribution is -0.153. The van der Waals surface area contributed by atoms with Crippen molar-refractivity contribution in [2.75, 3.05) is 26.3 Å². The van der Waals surface area contributed by atoms with Crippen LogP contribution in [0, 0.1) is 0 Å². The van der Waals surface area contributed by atoms with Gasteiger partial charge in [0.15, 0.2) is 6.61 Å². The van der Waals surface area contributed by atoms with E-state index in [1.165, 1.54) is 12.8 Å². The van der Waals surface area contributed by atoms with Gasteiger partial charge in [-0.1, -0.05) is 31.0 Å². The number of hydrogen-bond donors (Lipinski definition) is 0. The Balaban J connectivity index is 1.53. The lowest BCUT2D eigenvalue weighted by Gasteiger charge is -2.20. The maximum atomic E-state index is 12.2. The Morgan fingerprint density at radius 3 is 2.64 bits per heavy atom. The molecular formula is C17H21NO4. The van der Waals surface area contributed by atoms with Gasteiger partial charge in [-0.2, -0.15) is 0 Å². The van der Waals surface area contributed by atoms with E-state index in [-0.39, 0.29) is 25.1 Å². The molecule has 22 heavy (non-hydrogen) atoms. The number of fused-ring (bicyclic) bond motifs is 1. The Bertz CT molecular complexity index is 549. The first-order valence-corrected chi connectivity index (χ1v) is 7.92. The average Bonchev–Trinajstić information content (AvgIpc) is 2.78. The van der Waals surface area contributed by atoms with E-state index in [1.54, 1.807) is 4.90 Å². The Kier molecular flexibility index (Phi) is 4.61. The summed E-state index contributed by atoms with van der Waals surface area (Å²) in [6.07, 6.45) is 4.40. The Morgan fingerprint density at radius 2 is 1.86 bits per heavy atom. The van der Waals surface area contributed by atoms with Gasteiger partial charge in [0.25, 0.3) is 5.91 Å². The molecule has 0 aliphatic carbocycles. The van der Waals surface area contributed by atoms with Crippen molar-refractivity contribution in [3.8, 4) is 5.75 Å². The van der Waals surface area contributed by atoms with Crippen molar-refractivity contribution in [3.63, 3.8) is 0 Å². The van der Waals surface area contributed by atoms with E-state index in [2.05, 4.69) is 0 Å². The molecule has 1 saturated heterocycles. The number of ether oxygens (including phenoxy) is 2. The van der Waals surface area contributed by atoms with Gasteiger partial charge in [-0.3, -0.25) is 9.59 Å². The van der Waals surface area contributed by atoms with Gasteiger partial charge in [-0.15, -0.1) is 0 Å². The van der Waals surface area contributed by atoms with Crippen LogP contribution in [0.15, 0.2) is 24.3 Å². The summed E-state index contributed by atoms with van der Waals surface area (Å²) in [6.45, 7) is 1.66. The SMILES string of the molecule is O=C(OCC(=O)N1CCCCCC1)C1COc2ccccc21. The number of likely N-dealkylation sites (tertiary alicyclic amines) is 1. The molecule has 2 aliphatic rings. The zero-order valence-electron chi connectivity index (χ0n) is 12.6. The Labute approximate surface area is 130 Å². The number of hydrogen-bond acceptors (Lipinski definition) is 4. The van der Waals surface area contributed by atoms with Crippen LogP contribution in [0.5, 0.6) is 5.75 Å². The lowest BCUT2D eigenvalue weighted by Crippen LogP contribution is -2.36. The van der Waals surface area contributed by atoms with Crippen LogP contribution in [0.1, 0.15) is 37.2 Å². The number of benzene rings is 1. The number of carbonyl (C=O) groups is 2. The van der Waals surface area contributed by atoms with Gasteiger partial charge in [0.05, 0.1) is 0 Å². The highest BCUT2D eigenvalue weighted by Crippen LogP contribution is 2.34. The van der Waals surface area contributed by atoms with Crippen molar-refractivity contribution in [3.05, 3.63) is 29.8 Å². The summed E-state index contributed by atoms with van der Waals surface area (Å²) >= 11 is 0. The van der Waals surface area contributed by atoms with Gasteiger partial charge in [-0.05, 0) is 18.9 Å². The summed E-state index contributed by atoms with van der Waals surface area (Å²) in [5.74, 6) is -0.174. The van der Waals surface area contributed by atoms with E-state index in [1.807, 2.05) is 24.3 Å². The van der Waals surface area contributed by atoms with Crippen molar-refractivity contribution in [1.29, 1.82) is 0 Å². The van der Waals surface area contributed by atoms with E-state index >= 15 is 0 Å². The average molecular weight is 303 g/mol. The van der Waals surface area contributed by atoms with Crippen molar-refractivity contribution < 1.29 is 19.1 Å². The van der Waals surface area contributed by atoms with Crippen molar-refractivity contribution in [2.45, 2.75) is 31.6 Å². The summed E-state index contributed by atoms with van der Waals surface area (Å²) < 4.78 is 10.7. The first-order chi connectivity index (χ1) is 10.8. The first-order valence-electron chi connectivity index (χ1n) is 7.92. The molecule has 0 N–H and O–H groups in total. The van der Waals surface area contributed by atoms with Crippen LogP contribution < -0.4 is 4.74 Å². The fourth-order valence-corrected chi connectivity index (χ4v) is 3.00. The number of para-hydroxylation sites is 1. The number of amides is 1. The molecule has 1 aromatic carbocycles. The molecule has 1 unspecified atom stereocenters. The van der Waals surface area contributed by atoms with Gasteiger partial charge >= 0.3 is 5.97 Å². The lowest BCUT2D eigenvalue weighted by atomic mass is 10.0. The molecule has 0 aromatic heterocycles. The maximum Gasteiger partial charge on any atom is 0.317 e. The minimum Gasteiger partial charge on any atom is -0.492 e. The third kappa shape index (κ3) is 3.24. The number of carbonyl (C=O) groups excluding carboxylic acids is 2. The van der Waals surface area contributed by atoms with Crippen LogP contribution in [-0.4, -0.2) is 43.1 Å². The predicted octanol–water partition coefficient (Wildman–Crippen LogP) is 2.11. The molecule has 1 atom stereocenters. The summed E-state index contributed by atoms with van der Waals surface area (Å²) in [4.78, 5) is 26.1. The zero-order chi connectivity index (χ0) is 15.4. The molecular weight excluding hydrogens is 282 g/mol. The first kappa shape index (κ1) is 14.9. The largest absolute Gasteiger partial charge is 0.492 e. The van der Waals surface area contributed by atoms with E-state index < -0.39 is 5.92 Å². The molecule has 1 fully saturated rings. The van der Waals surface area contributed by atoms with Crippen molar-refractivity contribution in [1.82, 2.24) is 4.90 Å². The van der Waals surface area contributed by atoms with Crippen molar-refractivity contribution in [2.24, 2.45) is 0 Å². The van der Waals surface area contributed by atoms with Gasteiger partial charge in [0, 0.05) is 18.7 Å². The van der Waals surface area contributed by atoms with E-state index in [0.29, 0.717) is 0 Å². The topological polar surface area (TPSA) is 55.8 Å². The number of rotatable bonds is 3. The van der Waals surface area contributed by atoms with Crippen molar-refractivity contribution >= 4 is 11.9 Å². The highest BCUT2D eigenvalue weighted by molar-refractivity contribution is 5.84. The highest BCUT2D eigenvalue weighted by atomic mass is 16.5. The standard InChI is InChI=1S/C17H21NO4/c19-16(18-9-5-1-2-6-10-18)12-22-17(20)14-11-21-15-8-4-3-7-13(14)15/h3-4,7-8,14H,1-2,5-6,9-12H2. The second-order valence-corrected chi connectivity index (χ2v) is 5.80. The molecule has 0 spiro atoms. The minimum absolute atomic E-state index is 0.0950. The van der Waals surface area contributed by atoms with Crippen LogP contribution in [-0.2, 0) is 14.3 Å². The normalized spacial score (nSPS) is 20.7. The predicted molar refractivity (Wildman–Crippen MR) is 80.7 cm³/mol. The molecule has 5 heteroatoms. The maximum absolute atomic E-state index is 12.2. The number of nitrogens with zero attached hydrogens (tertiary/aromatic N) is 1. The quantitative estimate of drug-likeness (QED) is 0.803. The third-order valence-corrected chi connectivity index (χ3v) is 4.28. The Hall–Kier alpha value is -2.04. The molecule has 1 aromatic rings. The van der Waals surface area contributed by atoms with Gasteiger partial charge < -0.3 is 14.4 Å². The Morgan fingerprint density at radius 1 is 1.14 bits per heavy atom. The van der Waals surface area contributed by atoms with E-state index in [4.69, 9.17) is 9.47 Å². The van der Waals surface area contributed by atoms with Gasteiger partial charge in [-0.25, -0.2) is 0 Å². The van der Waals surface area contributed by atoms with Crippen LogP contribution in [0.25, 0.3) is 0 Å². The van der Waals surface area contributed by atoms with Crippen LogP contribution in [0.2, 0.25) is 0 Å². The number of esters is 1. The molecule has 3 rings (SSSR count). The minimum atomic E-state index is -0.423. The zero-order valence-corrected chi connectivity index (χ0v) is 12.6. The summed E-state index contributed by atoms with van der Waals surface area (Å²) in [7, 11) is 0. The van der Waals surface area contributed by atoms with Gasteiger partial charge in [0.1, 0.15) is 18.3 Å². The fourth-order valence-electron chi connectivity index (χ4n) is 3.00. The second-order valence-electron chi connectivity index (χ2n) is 5.80. The van der Waals surface area contributed by atoms with E-state index in [9.17, 15) is 9.59 Å². The molecule has 1 amide bonds. The molecule has 0 radical (unpaired) electrons. The fraction of sp³-hybridized carbons (Fsp3) is 0.529. The van der Waals surface area contributed by atoms with Gasteiger partial charge in [0.2, 0.25) is 0 Å². The molecule has 5 nitrogen and oxygen atoms in total. The summed E-state index contributed by atoms with van der Waals surface area (Å²) in [5.41, 5.74) is 0.842. The molecule has 118 valence electrons. The molecule has 0 saturated carbocycles. The van der Waals surface area contributed by atoms with E-state index in [0.717, 1.165) is 37.2 Å². The molecule has 0 bridgehead atoms. The third-order valence-electron chi connectivity index (χ3n) is 4.28. The highest BCUT2D eigenvalue weighted by Gasteiger charge is 2.32. The summed E-state index contributed by atoms with van der Waals surface area (Å²) in [5, 5.41) is 0. The monoisotopic (exact) mass is 303 g/mol. The second kappa shape index (κ2) is 6.81. The molecule has 2 aliphatic heterocycles. The van der Waals surface area contributed by atoms with Crippen LogP contribution in [0.3, 0.4) is 0 Å². The summed E-state index contributed by atoms with van der Waals surface area (Å²) in [6, 6.07) is 7.45. The van der Waals surface area contributed by atoms with Crippen LogP contribution in [0.4, 0.5) is 0 Å². The van der Waals surface area contributed by atoms with Crippen LogP contribution >= 0.6 is 0 Å². The molecule has 2 heterocycles.